The number of ether oxygens (including phenoxy) is 2. The molecular formula is C52H53Br3N11O8S3Y2-3. The number of carbonyl (C=O) groups excluding carboxylic acids is 6. The first-order valence-electron chi connectivity index (χ1n) is 21.4. The molecule has 0 saturated carbocycles. The van der Waals surface area contributed by atoms with E-state index in [4.69, 9.17) is 16.2 Å². The Morgan fingerprint density at radius 1 is 0.709 bits per heavy atom. The molecule has 412 valence electrons. The Balaban J connectivity index is -0.000000904. The fraction of sp³-hybridized carbons (Fsp3) is 0.115. The SMILES string of the molecule is Br.CC(C)(C)OC(=O)Nc1ccccc1NC(=O)c1ccc(C=O)cc1.COC(=O)c1ccc(C=O)cc1.NC(N)=S.Nc1nc[c-]s1.Nc1ncc(Br)s1.O=C(CBr)c1cccnc1.[Y].[Y].[c-]1ccccn1.[c-]1ccccn1. The smallest absolute Gasteiger partial charge is 0.412 e. The number of nitrogens with one attached hydrogen (secondary N) is 2. The first-order chi connectivity index (χ1) is 36.3. The van der Waals surface area contributed by atoms with Crippen LogP contribution in [0, 0.1) is 17.8 Å². The number of nitrogens with two attached hydrogens (primary N) is 4. The van der Waals surface area contributed by atoms with Gasteiger partial charge in [-0.15, -0.1) is 17.0 Å². The third-order valence-corrected chi connectivity index (χ3v) is 9.98. The third-order valence-electron chi connectivity index (χ3n) is 7.63. The van der Waals surface area contributed by atoms with Crippen LogP contribution < -0.4 is 33.6 Å². The maximum absolute atomic E-state index is 12.3. The van der Waals surface area contributed by atoms with E-state index in [1.807, 2.05) is 24.3 Å². The summed E-state index contributed by atoms with van der Waals surface area (Å²) in [4.78, 5) is 85.6. The number of benzene rings is 3. The number of halogens is 3. The second kappa shape index (κ2) is 47.3. The summed E-state index contributed by atoms with van der Waals surface area (Å²) >= 11 is 13.1. The molecule has 8 rings (SSSR count). The monoisotopic (exact) mass is 1470 g/mol. The summed E-state index contributed by atoms with van der Waals surface area (Å²) < 4.78 is 10.7. The second-order valence-electron chi connectivity index (χ2n) is 14.5. The van der Waals surface area contributed by atoms with Crippen molar-refractivity contribution in [3.05, 3.63) is 208 Å². The average Bonchev–Trinajstić information content (AvgIpc) is 4.08. The minimum atomic E-state index is -0.622. The van der Waals surface area contributed by atoms with E-state index in [-0.39, 0.29) is 99.2 Å². The van der Waals surface area contributed by atoms with Gasteiger partial charge in [0, 0.05) is 105 Å². The molecule has 0 fully saturated rings. The Kier molecular flexibility index (Phi) is 46.6. The number of carbonyl (C=O) groups is 6. The Morgan fingerprint density at radius 2 is 1.23 bits per heavy atom. The molecule has 10 N–H and O–H groups in total. The van der Waals surface area contributed by atoms with Crippen LogP contribution in [0.2, 0.25) is 0 Å². The molecule has 27 heteroatoms. The number of rotatable bonds is 8. The van der Waals surface area contributed by atoms with Gasteiger partial charge >= 0.3 is 12.1 Å². The van der Waals surface area contributed by atoms with Crippen molar-refractivity contribution >= 4 is 147 Å². The molecule has 0 atom stereocenters. The summed E-state index contributed by atoms with van der Waals surface area (Å²) in [5.74, 6) is -0.684. The van der Waals surface area contributed by atoms with Crippen LogP contribution in [-0.2, 0) is 74.9 Å². The molecule has 2 radical (unpaired) electrons. The standard InChI is InChI=1S/C19H20N2O4.C9H8O3.C7H6BrNO.2C5H4N.C3H3BrN2S.C3H3N2S.CH4N2S.BrH.2Y/c1-19(2,3)25-18(24)21-16-7-5-4-6-15(16)20-17(23)14-10-8-13(12-22)9-11-14;1-12-9(11)8-4-2-7(6-10)3-5-8;8-4-7(10)6-2-1-3-9-5-6;2*1-2-4-6-5-3-1;4-2-1-6-3(5)7-2;4-3-5-1-2-6-3;2-1(3)4;;;/h4-12H,1-3H3,(H,20,23)(H,21,24);2-6H,1H3;1-3,5H,4H2;2*1-4H;1H,(H2,5,6);1H,(H2,4,5);(H4,2,3,4);1H;;/q;;;2*-1;;-1;;;;. The van der Waals surface area contributed by atoms with Gasteiger partial charge in [-0.25, -0.2) is 14.6 Å². The molecule has 79 heavy (non-hydrogen) atoms. The number of ketones is 1. The van der Waals surface area contributed by atoms with Crippen molar-refractivity contribution in [3.8, 4) is 0 Å². The molecule has 0 aliphatic rings. The summed E-state index contributed by atoms with van der Waals surface area (Å²) in [5, 5.41) is 9.63. The molecule has 3 aromatic carbocycles. The number of hydrogen-bond acceptors (Lipinski definition) is 18. The van der Waals surface area contributed by atoms with Gasteiger partial charge in [-0.3, -0.25) is 29.5 Å². The normalized spacial score (nSPS) is 8.94. The average molecular weight is 1470 g/mol. The molecule has 0 aliphatic carbocycles. The van der Waals surface area contributed by atoms with Gasteiger partial charge in [-0.1, -0.05) is 94.6 Å². The minimum Gasteiger partial charge on any atom is -0.465 e. The van der Waals surface area contributed by atoms with E-state index in [1.54, 1.807) is 155 Å². The predicted octanol–water partition coefficient (Wildman–Crippen LogP) is 10.6. The fourth-order valence-electron chi connectivity index (χ4n) is 4.47. The van der Waals surface area contributed by atoms with Gasteiger partial charge in [0.25, 0.3) is 5.91 Å². The van der Waals surface area contributed by atoms with E-state index in [2.05, 4.69) is 114 Å². The first kappa shape index (κ1) is 77.8. The topological polar surface area (TPSA) is 313 Å². The van der Waals surface area contributed by atoms with Crippen molar-refractivity contribution in [1.29, 1.82) is 0 Å². The Bertz CT molecular complexity index is 2800. The third kappa shape index (κ3) is 40.4. The van der Waals surface area contributed by atoms with Gasteiger partial charge in [0.1, 0.15) is 18.2 Å². The summed E-state index contributed by atoms with van der Waals surface area (Å²) in [6.45, 7) is 5.30. The van der Waals surface area contributed by atoms with E-state index >= 15 is 0 Å². The van der Waals surface area contributed by atoms with Crippen molar-refractivity contribution in [2.24, 2.45) is 11.5 Å². The van der Waals surface area contributed by atoms with Crippen molar-refractivity contribution in [3.63, 3.8) is 0 Å². The van der Waals surface area contributed by atoms with E-state index in [0.29, 0.717) is 61.1 Å². The number of amides is 2. The molecule has 0 spiro atoms. The van der Waals surface area contributed by atoms with Crippen LogP contribution in [0.4, 0.5) is 26.4 Å². The van der Waals surface area contributed by atoms with Crippen LogP contribution in [0.25, 0.3) is 0 Å². The first-order valence-corrected chi connectivity index (χ1v) is 25.4. The molecule has 8 aromatic rings. The maximum Gasteiger partial charge on any atom is 0.412 e. The Labute approximate surface area is 549 Å². The van der Waals surface area contributed by atoms with Crippen molar-refractivity contribution < 1.29 is 104 Å². The number of aldehydes is 2. The second-order valence-corrected chi connectivity index (χ2v) is 18.9. The predicted molar refractivity (Wildman–Crippen MR) is 319 cm³/mol. The largest absolute Gasteiger partial charge is 0.465 e. The maximum atomic E-state index is 12.3. The number of pyridine rings is 3. The number of alkyl halides is 1. The molecule has 5 heterocycles. The van der Waals surface area contributed by atoms with E-state index in [0.717, 1.165) is 10.1 Å². The van der Waals surface area contributed by atoms with Gasteiger partial charge in [0.05, 0.1) is 39.4 Å². The van der Waals surface area contributed by atoms with Crippen LogP contribution >= 0.6 is 83.7 Å². The summed E-state index contributed by atoms with van der Waals surface area (Å²) in [7, 11) is 1.32. The molecular weight excluding hydrogens is 1420 g/mol. The zero-order valence-corrected chi connectivity index (χ0v) is 55.7. The molecule has 2 amide bonds. The zero-order chi connectivity index (χ0) is 56.6. The summed E-state index contributed by atoms with van der Waals surface area (Å²) in [5.41, 5.74) is 22.4. The van der Waals surface area contributed by atoms with Crippen LogP contribution in [0.5, 0.6) is 0 Å². The molecule has 0 aliphatic heterocycles. The number of esters is 1. The van der Waals surface area contributed by atoms with Gasteiger partial charge in [0.2, 0.25) is 0 Å². The van der Waals surface area contributed by atoms with Gasteiger partial charge in [-0.2, -0.15) is 41.8 Å². The van der Waals surface area contributed by atoms with Gasteiger partial charge in [-0.05, 0) is 97.4 Å². The van der Waals surface area contributed by atoms with Crippen molar-refractivity contribution in [2.75, 3.05) is 34.5 Å². The number of thiazole rings is 2. The Morgan fingerprint density at radius 3 is 1.53 bits per heavy atom. The number of nitrogen functional groups attached to an aromatic ring is 2. The van der Waals surface area contributed by atoms with Gasteiger partial charge in [0.15, 0.2) is 16.0 Å². The minimum absolute atomic E-state index is 0. The van der Waals surface area contributed by atoms with Crippen LogP contribution in [0.15, 0.2) is 162 Å². The molecule has 0 unspecified atom stereocenters. The molecule has 0 saturated heterocycles. The Hall–Kier alpha value is -5.47. The van der Waals surface area contributed by atoms with Crippen LogP contribution in [-0.4, -0.2) is 84.4 Å². The van der Waals surface area contributed by atoms with Crippen LogP contribution in [0.3, 0.4) is 0 Å². The van der Waals surface area contributed by atoms with Gasteiger partial charge < -0.3 is 64.0 Å². The number of nitrogens with zero attached hydrogens (tertiary/aromatic N) is 5. The number of anilines is 4. The number of aromatic nitrogens is 5. The number of para-hydroxylation sites is 2. The molecule has 0 bridgehead atoms. The van der Waals surface area contributed by atoms with E-state index < -0.39 is 17.7 Å². The van der Waals surface area contributed by atoms with Crippen molar-refractivity contribution in [2.45, 2.75) is 26.4 Å². The fourth-order valence-corrected chi connectivity index (χ4v) is 6.13. The number of Topliss-reactive ketones (excluding diaryl/α,β-unsaturated/α-hetero) is 1. The summed E-state index contributed by atoms with van der Waals surface area (Å²) in [6, 6.07) is 33.8. The van der Waals surface area contributed by atoms with E-state index in [1.165, 1.54) is 29.8 Å². The van der Waals surface area contributed by atoms with E-state index in [9.17, 15) is 28.8 Å². The zero-order valence-electron chi connectivity index (χ0n) is 42.7. The molecule has 5 aromatic heterocycles. The number of thiocarbonyl (C=S) groups is 1. The van der Waals surface area contributed by atoms with Crippen LogP contribution in [0.1, 0.15) is 72.6 Å². The summed E-state index contributed by atoms with van der Waals surface area (Å²) in [6.07, 6.45) is 15.9. The molecule has 19 nitrogen and oxygen atoms in total. The number of methoxy groups -OCH3 is 1. The quantitative estimate of drug-likeness (QED) is 0.0206. The van der Waals surface area contributed by atoms with Crippen molar-refractivity contribution in [1.82, 2.24) is 24.9 Å². The number of hydrogen-bond donors (Lipinski definition) is 6.